The molecule has 0 aromatic carbocycles. The molecule has 136 valence electrons. The van der Waals surface area contributed by atoms with Gasteiger partial charge >= 0.3 is 0 Å². The van der Waals surface area contributed by atoms with E-state index in [1.54, 1.807) is 7.05 Å². The van der Waals surface area contributed by atoms with Crippen molar-refractivity contribution in [3.63, 3.8) is 0 Å². The van der Waals surface area contributed by atoms with Crippen LogP contribution in [0, 0.1) is 13.8 Å². The maximum atomic E-state index is 11.8. The largest absolute Gasteiger partial charge is 0.356 e. The molecule has 0 fully saturated rings. The minimum atomic E-state index is -0.0139. The van der Waals surface area contributed by atoms with E-state index < -0.39 is 0 Å². The summed E-state index contributed by atoms with van der Waals surface area (Å²) in [6.07, 6.45) is 0.822. The zero-order chi connectivity index (χ0) is 18.2. The molecule has 2 rings (SSSR count). The molecule has 0 saturated carbocycles. The summed E-state index contributed by atoms with van der Waals surface area (Å²) in [5, 5.41) is 15.8. The van der Waals surface area contributed by atoms with Crippen LogP contribution in [0.1, 0.15) is 33.0 Å². The number of amides is 1. The molecule has 0 radical (unpaired) electrons. The molecule has 0 aliphatic carbocycles. The number of aryl methyl sites for hydroxylation is 2. The van der Waals surface area contributed by atoms with Gasteiger partial charge in [-0.15, -0.1) is 11.3 Å². The molecule has 0 atom stereocenters. The van der Waals surface area contributed by atoms with E-state index in [2.05, 4.69) is 33.0 Å². The summed E-state index contributed by atoms with van der Waals surface area (Å²) in [6.45, 7) is 6.11. The SMILES string of the molecule is CN=C(NCCCNC(=O)c1cccs1)NCc1c(C)nn(C)c1C. The standard InChI is InChI=1S/C17H26N6OS/c1-12-14(13(2)23(4)22-12)11-21-17(18-3)20-9-6-8-19-16(24)15-7-5-10-25-15/h5,7,10H,6,8-9,11H2,1-4H3,(H,19,24)(H2,18,20,21). The first-order valence-electron chi connectivity index (χ1n) is 8.28. The lowest BCUT2D eigenvalue weighted by Gasteiger charge is -2.12. The summed E-state index contributed by atoms with van der Waals surface area (Å²) in [5.41, 5.74) is 3.37. The van der Waals surface area contributed by atoms with Crippen LogP contribution in [0.4, 0.5) is 0 Å². The van der Waals surface area contributed by atoms with Crippen LogP contribution in [0.3, 0.4) is 0 Å². The van der Waals surface area contributed by atoms with Crippen LogP contribution in [0.15, 0.2) is 22.5 Å². The molecule has 2 aromatic heterocycles. The molecule has 0 saturated heterocycles. The first kappa shape index (κ1) is 19.0. The van der Waals surface area contributed by atoms with Gasteiger partial charge in [-0.3, -0.25) is 14.5 Å². The van der Waals surface area contributed by atoms with Gasteiger partial charge in [0.2, 0.25) is 0 Å². The van der Waals surface area contributed by atoms with Gasteiger partial charge < -0.3 is 16.0 Å². The van der Waals surface area contributed by atoms with Gasteiger partial charge in [0.05, 0.1) is 10.6 Å². The number of aliphatic imine (C=N–C) groups is 1. The molecule has 0 bridgehead atoms. The summed E-state index contributed by atoms with van der Waals surface area (Å²) >= 11 is 1.45. The van der Waals surface area contributed by atoms with Crippen molar-refractivity contribution in [2.24, 2.45) is 12.0 Å². The van der Waals surface area contributed by atoms with Crippen molar-refractivity contribution in [2.75, 3.05) is 20.1 Å². The molecule has 0 aliphatic heterocycles. The van der Waals surface area contributed by atoms with Gasteiger partial charge in [0.15, 0.2) is 5.96 Å². The van der Waals surface area contributed by atoms with Gasteiger partial charge in [0.1, 0.15) is 0 Å². The Bertz CT molecular complexity index is 720. The Morgan fingerprint density at radius 1 is 1.28 bits per heavy atom. The number of carbonyl (C=O) groups is 1. The summed E-state index contributed by atoms with van der Waals surface area (Å²) in [5.74, 6) is 0.729. The molecule has 0 aliphatic rings. The van der Waals surface area contributed by atoms with Gasteiger partial charge in [0, 0.05) is 45.0 Å². The average Bonchev–Trinajstić information content (AvgIpc) is 3.20. The van der Waals surface area contributed by atoms with Crippen LogP contribution >= 0.6 is 11.3 Å². The quantitative estimate of drug-likeness (QED) is 0.397. The first-order valence-corrected chi connectivity index (χ1v) is 9.16. The Morgan fingerprint density at radius 2 is 2.04 bits per heavy atom. The van der Waals surface area contributed by atoms with E-state index in [9.17, 15) is 4.79 Å². The molecule has 25 heavy (non-hydrogen) atoms. The van der Waals surface area contributed by atoms with Gasteiger partial charge in [-0.1, -0.05) is 6.07 Å². The lowest BCUT2D eigenvalue weighted by molar-refractivity contribution is 0.0957. The van der Waals surface area contributed by atoms with E-state index in [-0.39, 0.29) is 5.91 Å². The lowest BCUT2D eigenvalue weighted by Crippen LogP contribution is -2.38. The van der Waals surface area contributed by atoms with Gasteiger partial charge in [0.25, 0.3) is 5.91 Å². The van der Waals surface area contributed by atoms with Crippen LogP contribution in [0.2, 0.25) is 0 Å². The molecule has 0 spiro atoms. The molecule has 3 N–H and O–H groups in total. The minimum absolute atomic E-state index is 0.0139. The highest BCUT2D eigenvalue weighted by Gasteiger charge is 2.09. The van der Waals surface area contributed by atoms with E-state index in [0.29, 0.717) is 13.1 Å². The number of nitrogens with zero attached hydrogens (tertiary/aromatic N) is 3. The van der Waals surface area contributed by atoms with Gasteiger partial charge in [-0.05, 0) is 31.7 Å². The molecule has 0 unspecified atom stereocenters. The number of thiophene rings is 1. The maximum Gasteiger partial charge on any atom is 0.261 e. The third-order valence-corrected chi connectivity index (χ3v) is 4.86. The number of aromatic nitrogens is 2. The highest BCUT2D eigenvalue weighted by Crippen LogP contribution is 2.11. The van der Waals surface area contributed by atoms with E-state index in [4.69, 9.17) is 0 Å². The Labute approximate surface area is 152 Å². The second-order valence-electron chi connectivity index (χ2n) is 5.71. The van der Waals surface area contributed by atoms with Crippen LogP contribution in [-0.4, -0.2) is 41.8 Å². The monoisotopic (exact) mass is 362 g/mol. The van der Waals surface area contributed by atoms with E-state index in [0.717, 1.165) is 35.2 Å². The van der Waals surface area contributed by atoms with Crippen molar-refractivity contribution in [3.8, 4) is 0 Å². The summed E-state index contributed by atoms with van der Waals surface area (Å²) in [4.78, 5) is 16.8. The van der Waals surface area contributed by atoms with Gasteiger partial charge in [-0.2, -0.15) is 5.10 Å². The van der Waals surface area contributed by atoms with Crippen molar-refractivity contribution in [2.45, 2.75) is 26.8 Å². The normalized spacial score (nSPS) is 11.4. The predicted octanol–water partition coefficient (Wildman–Crippen LogP) is 1.58. The molecule has 2 heterocycles. The number of nitrogens with one attached hydrogen (secondary N) is 3. The van der Waals surface area contributed by atoms with E-state index in [1.807, 2.05) is 36.2 Å². The summed E-state index contributed by atoms with van der Waals surface area (Å²) in [6, 6.07) is 3.70. The zero-order valence-electron chi connectivity index (χ0n) is 15.2. The third-order valence-electron chi connectivity index (χ3n) is 3.99. The third kappa shape index (κ3) is 5.32. The number of rotatable bonds is 7. The second-order valence-corrected chi connectivity index (χ2v) is 6.66. The molecular formula is C17H26N6OS. The Kier molecular flexibility index (Phi) is 7.00. The average molecular weight is 363 g/mol. The Morgan fingerprint density at radius 3 is 2.64 bits per heavy atom. The highest BCUT2D eigenvalue weighted by atomic mass is 32.1. The minimum Gasteiger partial charge on any atom is -0.356 e. The number of guanidine groups is 1. The van der Waals surface area contributed by atoms with Crippen LogP contribution < -0.4 is 16.0 Å². The summed E-state index contributed by atoms with van der Waals surface area (Å²) < 4.78 is 1.89. The van der Waals surface area contributed by atoms with E-state index >= 15 is 0 Å². The van der Waals surface area contributed by atoms with Crippen LogP contribution in [0.25, 0.3) is 0 Å². The van der Waals surface area contributed by atoms with Crippen molar-refractivity contribution >= 4 is 23.2 Å². The Hall–Kier alpha value is -2.35. The predicted molar refractivity (Wildman–Crippen MR) is 102 cm³/mol. The smallest absolute Gasteiger partial charge is 0.261 e. The van der Waals surface area contributed by atoms with Crippen LogP contribution in [-0.2, 0) is 13.6 Å². The van der Waals surface area contributed by atoms with Crippen molar-refractivity contribution < 1.29 is 4.79 Å². The van der Waals surface area contributed by atoms with Crippen LogP contribution in [0.5, 0.6) is 0 Å². The molecule has 8 heteroatoms. The first-order chi connectivity index (χ1) is 12.0. The number of carbonyl (C=O) groups excluding carboxylic acids is 1. The van der Waals surface area contributed by atoms with E-state index in [1.165, 1.54) is 16.9 Å². The maximum absolute atomic E-state index is 11.8. The summed E-state index contributed by atoms with van der Waals surface area (Å²) in [7, 11) is 3.69. The molecule has 1 amide bonds. The fourth-order valence-corrected chi connectivity index (χ4v) is 3.10. The van der Waals surface area contributed by atoms with Gasteiger partial charge in [-0.25, -0.2) is 0 Å². The molecular weight excluding hydrogens is 336 g/mol. The van der Waals surface area contributed by atoms with Crippen molar-refractivity contribution in [1.29, 1.82) is 0 Å². The zero-order valence-corrected chi connectivity index (χ0v) is 16.0. The number of hydrogen-bond acceptors (Lipinski definition) is 4. The Balaban J connectivity index is 1.67. The molecule has 7 nitrogen and oxygen atoms in total. The number of hydrogen-bond donors (Lipinski definition) is 3. The van der Waals surface area contributed by atoms with Crippen molar-refractivity contribution in [1.82, 2.24) is 25.7 Å². The van der Waals surface area contributed by atoms with Crippen molar-refractivity contribution in [3.05, 3.63) is 39.3 Å². The topological polar surface area (TPSA) is 83.3 Å². The molecule has 2 aromatic rings. The lowest BCUT2D eigenvalue weighted by atomic mass is 10.2. The highest BCUT2D eigenvalue weighted by molar-refractivity contribution is 7.12. The fourth-order valence-electron chi connectivity index (χ4n) is 2.46. The second kappa shape index (κ2) is 9.22. The fraction of sp³-hybridized carbons (Fsp3) is 0.471.